The first kappa shape index (κ1) is 49.9. The Morgan fingerprint density at radius 1 is 0.753 bits per heavy atom. The zero-order chi connectivity index (χ0) is 52.5. The molecule has 7 fully saturated rings. The van der Waals surface area contributed by atoms with Gasteiger partial charge in [-0.25, -0.2) is 15.0 Å². The van der Waals surface area contributed by atoms with Gasteiger partial charge in [0.15, 0.2) is 5.82 Å². The minimum atomic E-state index is -0.693. The third kappa shape index (κ3) is 9.35. The molecule has 2 saturated carbocycles. The molecule has 1 atom stereocenters. The van der Waals surface area contributed by atoms with Crippen LogP contribution < -0.4 is 20.4 Å². The van der Waals surface area contributed by atoms with Gasteiger partial charge in [0.05, 0.1) is 28.9 Å². The predicted molar refractivity (Wildman–Crippen MR) is 296 cm³/mol. The molecule has 5 amide bonds. The number of rotatable bonds is 11. The Balaban J connectivity index is 0.658. The summed E-state index contributed by atoms with van der Waals surface area (Å²) in [4.78, 5) is 93.5. The molecule has 402 valence electrons. The Bertz CT molecular complexity index is 3100. The van der Waals surface area contributed by atoms with Crippen molar-refractivity contribution in [1.29, 1.82) is 0 Å². The summed E-state index contributed by atoms with van der Waals surface area (Å²) in [5.74, 6) is 1.54. The molecule has 16 nitrogen and oxygen atoms in total. The van der Waals surface area contributed by atoms with Crippen LogP contribution in [0.1, 0.15) is 155 Å². The predicted octanol–water partition coefficient (Wildman–Crippen LogP) is 8.33. The van der Waals surface area contributed by atoms with E-state index in [-0.39, 0.29) is 59.4 Å². The number of nitrogens with zero attached hydrogens (tertiary/aromatic N) is 9. The number of pyridine rings is 2. The Kier molecular flexibility index (Phi) is 13.1. The largest absolute Gasteiger partial charge is 0.366 e. The molecule has 3 aromatic heterocycles. The van der Waals surface area contributed by atoms with Crippen LogP contribution in [0.4, 0.5) is 17.3 Å². The van der Waals surface area contributed by atoms with Crippen molar-refractivity contribution in [1.82, 2.24) is 39.5 Å². The third-order valence-electron chi connectivity index (χ3n) is 19.0. The lowest BCUT2D eigenvalue weighted by Gasteiger charge is -2.48. The molecule has 77 heavy (non-hydrogen) atoms. The molecule has 1 spiro atoms. The number of amides is 5. The first-order chi connectivity index (χ1) is 37.5. The quantitative estimate of drug-likeness (QED) is 0.122. The van der Waals surface area contributed by atoms with Gasteiger partial charge in [-0.3, -0.25) is 29.3 Å². The van der Waals surface area contributed by atoms with E-state index in [1.807, 2.05) is 40.4 Å². The summed E-state index contributed by atoms with van der Waals surface area (Å²) in [5.41, 5.74) is 7.84. The molecule has 5 aromatic rings. The van der Waals surface area contributed by atoms with E-state index in [9.17, 15) is 19.2 Å². The van der Waals surface area contributed by atoms with Crippen molar-refractivity contribution < 1.29 is 24.0 Å². The van der Waals surface area contributed by atoms with Crippen LogP contribution in [0.3, 0.4) is 0 Å². The van der Waals surface area contributed by atoms with Crippen LogP contribution in [-0.4, -0.2) is 134 Å². The summed E-state index contributed by atoms with van der Waals surface area (Å²) in [7, 11) is 0. The Hall–Kier alpha value is -6.68. The van der Waals surface area contributed by atoms with Crippen molar-refractivity contribution >= 4 is 57.9 Å². The number of hydrogen-bond acceptors (Lipinski definition) is 11. The fraction of sp³-hybridized carbons (Fsp3) is 0.541. The molecule has 0 bridgehead atoms. The molecule has 5 saturated heterocycles. The minimum Gasteiger partial charge on any atom is -0.366 e. The molecule has 9 heterocycles. The maximum atomic E-state index is 15.3. The van der Waals surface area contributed by atoms with E-state index in [1.54, 1.807) is 6.20 Å². The number of imide groups is 1. The number of aromatic nitrogens is 4. The van der Waals surface area contributed by atoms with Gasteiger partial charge in [0.2, 0.25) is 23.6 Å². The van der Waals surface area contributed by atoms with Gasteiger partial charge < -0.3 is 34.4 Å². The van der Waals surface area contributed by atoms with Crippen LogP contribution in [0.2, 0.25) is 0 Å². The Morgan fingerprint density at radius 3 is 2.25 bits per heavy atom. The summed E-state index contributed by atoms with van der Waals surface area (Å²) in [6, 6.07) is 22.0. The van der Waals surface area contributed by atoms with E-state index < -0.39 is 5.41 Å². The summed E-state index contributed by atoms with van der Waals surface area (Å²) < 4.78 is 2.20. The van der Waals surface area contributed by atoms with Crippen molar-refractivity contribution in [2.45, 2.75) is 152 Å². The Morgan fingerprint density at radius 2 is 1.53 bits per heavy atom. The average Bonchev–Trinajstić information content (AvgIpc) is 4.29. The summed E-state index contributed by atoms with van der Waals surface area (Å²) in [6.07, 6.45) is 16.9. The third-order valence-corrected chi connectivity index (χ3v) is 19.0. The maximum Gasteiger partial charge on any atom is 0.253 e. The lowest BCUT2D eigenvalue weighted by atomic mass is 9.73. The molecule has 8 aliphatic rings. The number of nitrogens with one attached hydrogen (secondary N) is 2. The van der Waals surface area contributed by atoms with E-state index in [4.69, 9.17) is 9.97 Å². The first-order valence-electron chi connectivity index (χ1n) is 29.1. The van der Waals surface area contributed by atoms with Crippen molar-refractivity contribution in [3.8, 4) is 11.3 Å². The lowest BCUT2D eigenvalue weighted by molar-refractivity contribution is -0.137. The number of carbonyl (C=O) groups is 5. The highest BCUT2D eigenvalue weighted by Gasteiger charge is 2.56. The van der Waals surface area contributed by atoms with Crippen LogP contribution in [0, 0.1) is 5.92 Å². The van der Waals surface area contributed by atoms with Crippen molar-refractivity contribution in [3.63, 3.8) is 0 Å². The number of fused-ring (bicyclic) bond motifs is 3. The van der Waals surface area contributed by atoms with Gasteiger partial charge in [0.25, 0.3) is 5.91 Å². The standard InChI is InChI=1S/C61H73N11O5/c1-38(2)71-37-63-51-35-50(65-56(55(51)71)64-45-11-12-45)42-9-14-49-52(32-42)72(47-33-46(34-47)67-23-4-3-5-24-67)60(77)61(49)21-29-70(30-22-61)59(76)43-8-6-7-41(31-43)39-17-27-69(28-18-39)58(75)40-19-25-68(26-20-40)53-15-10-44(36-62-53)48-13-16-54(73)66-57(48)74/h6-10,14-15,31-32,35-40,45-48H,3-5,11-13,16-30,33-34H2,1-2H3,(H,64,65)(H,66,73,74)/t46-,47+,48?. The molecule has 16 heteroatoms. The first-order valence-corrected chi connectivity index (χ1v) is 29.1. The highest BCUT2D eigenvalue weighted by Crippen LogP contribution is 2.52. The van der Waals surface area contributed by atoms with Gasteiger partial charge in [-0.15, -0.1) is 0 Å². The van der Waals surface area contributed by atoms with Crippen LogP contribution in [0.5, 0.6) is 0 Å². The van der Waals surface area contributed by atoms with Crippen LogP contribution >= 0.6 is 0 Å². The second kappa shape index (κ2) is 20.3. The zero-order valence-electron chi connectivity index (χ0n) is 44.8. The molecule has 2 aliphatic carbocycles. The number of hydrogen-bond donors (Lipinski definition) is 2. The molecule has 13 rings (SSSR count). The molecule has 1 unspecified atom stereocenters. The van der Waals surface area contributed by atoms with E-state index in [2.05, 4.69) is 85.1 Å². The summed E-state index contributed by atoms with van der Waals surface area (Å²) >= 11 is 0. The molecule has 2 N–H and O–H groups in total. The average molecular weight is 1040 g/mol. The van der Waals surface area contributed by atoms with Gasteiger partial charge in [0.1, 0.15) is 11.3 Å². The molecular formula is C61H73N11O5. The van der Waals surface area contributed by atoms with E-state index in [1.165, 1.54) is 19.3 Å². The Labute approximate surface area is 451 Å². The van der Waals surface area contributed by atoms with E-state index >= 15 is 4.79 Å². The monoisotopic (exact) mass is 1040 g/mol. The van der Waals surface area contributed by atoms with Crippen molar-refractivity contribution in [2.24, 2.45) is 5.92 Å². The highest BCUT2D eigenvalue weighted by molar-refractivity contribution is 6.10. The number of benzene rings is 2. The fourth-order valence-corrected chi connectivity index (χ4v) is 14.1. The number of imidazole rings is 1. The molecule has 2 aromatic carbocycles. The normalized spacial score (nSPS) is 24.4. The highest BCUT2D eigenvalue weighted by atomic mass is 16.2. The maximum absolute atomic E-state index is 15.3. The summed E-state index contributed by atoms with van der Waals surface area (Å²) in [6.45, 7) is 10.5. The smallest absolute Gasteiger partial charge is 0.253 e. The van der Waals surface area contributed by atoms with Gasteiger partial charge in [0, 0.05) is 98.8 Å². The van der Waals surface area contributed by atoms with E-state index in [0.29, 0.717) is 69.5 Å². The van der Waals surface area contributed by atoms with Crippen molar-refractivity contribution in [2.75, 3.05) is 67.5 Å². The summed E-state index contributed by atoms with van der Waals surface area (Å²) in [5, 5.41) is 6.14. The van der Waals surface area contributed by atoms with Gasteiger partial charge in [-0.05, 0) is 163 Å². The number of carbonyl (C=O) groups excluding carboxylic acids is 5. The SMILES string of the molecule is CC(C)n1cnc2cc(-c3ccc4c(c3)N([C@H]3C[C@@H](N5CCCCC5)C3)C(=O)C43CCN(C(=O)c4cccc(C5CCN(C(=O)C6CCN(c7ccc(C8CCC(=O)NC8=O)cn7)CC6)CC5)c4)CC3)nc(NC3CC3)c21. The topological polar surface area (TPSA) is 169 Å². The second-order valence-electron chi connectivity index (χ2n) is 24.0. The van der Waals surface area contributed by atoms with Gasteiger partial charge >= 0.3 is 0 Å². The molecule has 6 aliphatic heterocycles. The molecule has 0 radical (unpaired) electrons. The van der Waals surface area contributed by atoms with Crippen LogP contribution in [0.25, 0.3) is 22.3 Å². The number of likely N-dealkylation sites (tertiary alicyclic amines) is 3. The number of piperidine rings is 5. The number of anilines is 3. The van der Waals surface area contributed by atoms with Crippen molar-refractivity contribution in [3.05, 3.63) is 95.4 Å². The molecular weight excluding hydrogens is 967 g/mol. The zero-order valence-corrected chi connectivity index (χ0v) is 44.8. The minimum absolute atomic E-state index is 0.0133. The van der Waals surface area contributed by atoms with Crippen LogP contribution in [0.15, 0.2) is 73.2 Å². The van der Waals surface area contributed by atoms with Gasteiger partial charge in [-0.1, -0.05) is 36.8 Å². The second-order valence-corrected chi connectivity index (χ2v) is 24.0. The lowest BCUT2D eigenvalue weighted by Crippen LogP contribution is -2.58. The van der Waals surface area contributed by atoms with Crippen LogP contribution in [-0.2, 0) is 24.6 Å². The van der Waals surface area contributed by atoms with Gasteiger partial charge in [-0.2, -0.15) is 0 Å². The van der Waals surface area contributed by atoms with E-state index in [0.717, 1.165) is 134 Å². The fourth-order valence-electron chi connectivity index (χ4n) is 14.1.